The van der Waals surface area contributed by atoms with Crippen molar-refractivity contribution in [3.05, 3.63) is 34.1 Å². The maximum absolute atomic E-state index is 6.11. The minimum Gasteiger partial charge on any atom is -0.334 e. The molecule has 94 valence electrons. The molecular formula is C13H12Cl2N2O. The zero-order chi connectivity index (χ0) is 12.5. The standard InChI is InChI=1S/C13H12Cl2N2O/c14-9-5-6-11(15)10(7-9)13-16-12(17-18-13)8-3-1-2-4-8/h5-8H,1-4H2. The van der Waals surface area contributed by atoms with E-state index in [4.69, 9.17) is 27.7 Å². The Balaban J connectivity index is 1.94. The zero-order valence-corrected chi connectivity index (χ0v) is 11.2. The zero-order valence-electron chi connectivity index (χ0n) is 9.70. The quantitative estimate of drug-likeness (QED) is 0.801. The number of rotatable bonds is 2. The van der Waals surface area contributed by atoms with Gasteiger partial charge in [0.1, 0.15) is 0 Å². The molecule has 0 saturated heterocycles. The summed E-state index contributed by atoms with van der Waals surface area (Å²) in [6.07, 6.45) is 4.77. The number of halogens is 2. The van der Waals surface area contributed by atoms with Crippen LogP contribution in [0.25, 0.3) is 11.5 Å². The summed E-state index contributed by atoms with van der Waals surface area (Å²) in [4.78, 5) is 4.44. The van der Waals surface area contributed by atoms with Crippen molar-refractivity contribution in [3.8, 4) is 11.5 Å². The second-order valence-electron chi connectivity index (χ2n) is 4.56. The van der Waals surface area contributed by atoms with Gasteiger partial charge in [0.05, 0.1) is 10.6 Å². The average molecular weight is 283 g/mol. The van der Waals surface area contributed by atoms with E-state index in [0.717, 1.165) is 18.7 Å². The second-order valence-corrected chi connectivity index (χ2v) is 5.41. The van der Waals surface area contributed by atoms with Gasteiger partial charge in [0.2, 0.25) is 0 Å². The highest BCUT2D eigenvalue weighted by molar-refractivity contribution is 6.35. The molecule has 0 aliphatic heterocycles. The van der Waals surface area contributed by atoms with E-state index in [1.54, 1.807) is 18.2 Å². The first kappa shape index (κ1) is 12.0. The topological polar surface area (TPSA) is 38.9 Å². The summed E-state index contributed by atoms with van der Waals surface area (Å²) in [5, 5.41) is 5.23. The SMILES string of the molecule is Clc1ccc(Cl)c(-c2nc(C3CCCC3)no2)c1. The van der Waals surface area contributed by atoms with Crippen molar-refractivity contribution in [3.63, 3.8) is 0 Å². The smallest absolute Gasteiger partial charge is 0.259 e. The van der Waals surface area contributed by atoms with E-state index in [1.807, 2.05) is 0 Å². The van der Waals surface area contributed by atoms with E-state index >= 15 is 0 Å². The van der Waals surface area contributed by atoms with Crippen molar-refractivity contribution in [2.24, 2.45) is 0 Å². The highest BCUT2D eigenvalue weighted by Gasteiger charge is 2.23. The van der Waals surface area contributed by atoms with Crippen LogP contribution in [-0.2, 0) is 0 Å². The van der Waals surface area contributed by atoms with Crippen LogP contribution in [0.4, 0.5) is 0 Å². The lowest BCUT2D eigenvalue weighted by Gasteiger charge is -2.00. The van der Waals surface area contributed by atoms with Crippen molar-refractivity contribution in [2.45, 2.75) is 31.6 Å². The maximum atomic E-state index is 6.11. The van der Waals surface area contributed by atoms with E-state index in [9.17, 15) is 0 Å². The van der Waals surface area contributed by atoms with Crippen LogP contribution in [-0.4, -0.2) is 10.1 Å². The van der Waals surface area contributed by atoms with Crippen LogP contribution in [0.3, 0.4) is 0 Å². The summed E-state index contributed by atoms with van der Waals surface area (Å²) < 4.78 is 5.29. The van der Waals surface area contributed by atoms with Crippen LogP contribution in [0.1, 0.15) is 37.4 Å². The van der Waals surface area contributed by atoms with E-state index in [2.05, 4.69) is 10.1 Å². The summed E-state index contributed by atoms with van der Waals surface area (Å²) in [5.74, 6) is 1.67. The van der Waals surface area contributed by atoms with Crippen LogP contribution >= 0.6 is 23.2 Å². The molecule has 1 aliphatic carbocycles. The van der Waals surface area contributed by atoms with Gasteiger partial charge < -0.3 is 4.52 Å². The van der Waals surface area contributed by atoms with Gasteiger partial charge in [-0.1, -0.05) is 41.2 Å². The molecule has 1 aromatic heterocycles. The number of nitrogens with zero attached hydrogens (tertiary/aromatic N) is 2. The van der Waals surface area contributed by atoms with Gasteiger partial charge in [-0.05, 0) is 31.0 Å². The molecule has 0 radical (unpaired) electrons. The average Bonchev–Trinajstić information content (AvgIpc) is 3.00. The van der Waals surface area contributed by atoms with Crippen LogP contribution in [0.2, 0.25) is 10.0 Å². The first-order valence-electron chi connectivity index (χ1n) is 6.03. The van der Waals surface area contributed by atoms with Gasteiger partial charge >= 0.3 is 0 Å². The van der Waals surface area contributed by atoms with Gasteiger partial charge in [0, 0.05) is 10.9 Å². The lowest BCUT2D eigenvalue weighted by molar-refractivity contribution is 0.416. The Morgan fingerprint density at radius 2 is 1.94 bits per heavy atom. The molecule has 1 heterocycles. The fourth-order valence-corrected chi connectivity index (χ4v) is 2.73. The molecule has 3 rings (SSSR count). The van der Waals surface area contributed by atoms with Crippen molar-refractivity contribution in [1.82, 2.24) is 10.1 Å². The molecule has 0 atom stereocenters. The number of hydrogen-bond acceptors (Lipinski definition) is 3. The molecule has 3 nitrogen and oxygen atoms in total. The highest BCUT2D eigenvalue weighted by Crippen LogP contribution is 2.35. The predicted molar refractivity (Wildman–Crippen MR) is 71.0 cm³/mol. The molecule has 5 heteroatoms. The van der Waals surface area contributed by atoms with Crippen molar-refractivity contribution >= 4 is 23.2 Å². The summed E-state index contributed by atoms with van der Waals surface area (Å²) in [7, 11) is 0. The molecule has 0 unspecified atom stereocenters. The normalized spacial score (nSPS) is 16.3. The predicted octanol–water partition coefficient (Wildman–Crippen LogP) is 4.70. The highest BCUT2D eigenvalue weighted by atomic mass is 35.5. The van der Waals surface area contributed by atoms with E-state index < -0.39 is 0 Å². The fraction of sp³-hybridized carbons (Fsp3) is 0.385. The summed E-state index contributed by atoms with van der Waals surface area (Å²) in [5.41, 5.74) is 0.695. The molecule has 1 aromatic carbocycles. The minimum atomic E-state index is 0.431. The van der Waals surface area contributed by atoms with Crippen molar-refractivity contribution < 1.29 is 4.52 Å². The number of aromatic nitrogens is 2. The van der Waals surface area contributed by atoms with Crippen LogP contribution < -0.4 is 0 Å². The first-order chi connectivity index (χ1) is 8.74. The summed E-state index contributed by atoms with van der Waals surface area (Å²) in [6, 6.07) is 5.22. The van der Waals surface area contributed by atoms with Gasteiger partial charge in [0.25, 0.3) is 5.89 Å². The molecular weight excluding hydrogens is 271 g/mol. The summed E-state index contributed by atoms with van der Waals surface area (Å²) >= 11 is 12.1. The van der Waals surface area contributed by atoms with Gasteiger partial charge in [-0.2, -0.15) is 4.98 Å². The number of hydrogen-bond donors (Lipinski definition) is 0. The Bertz CT molecular complexity index is 562. The lowest BCUT2D eigenvalue weighted by atomic mass is 10.1. The molecule has 0 spiro atoms. The molecule has 2 aromatic rings. The Hall–Kier alpha value is -1.06. The summed E-state index contributed by atoms with van der Waals surface area (Å²) in [6.45, 7) is 0. The molecule has 1 saturated carbocycles. The van der Waals surface area contributed by atoms with Gasteiger partial charge in [0.15, 0.2) is 5.82 Å². The third kappa shape index (κ3) is 2.25. The Labute approximate surface area is 115 Å². The van der Waals surface area contributed by atoms with Gasteiger partial charge in [-0.25, -0.2) is 0 Å². The van der Waals surface area contributed by atoms with E-state index in [1.165, 1.54) is 12.8 Å². The van der Waals surface area contributed by atoms with Crippen LogP contribution in [0.5, 0.6) is 0 Å². The lowest BCUT2D eigenvalue weighted by Crippen LogP contribution is -1.94. The van der Waals surface area contributed by atoms with Gasteiger partial charge in [-0.15, -0.1) is 0 Å². The molecule has 0 amide bonds. The molecule has 1 fully saturated rings. The van der Waals surface area contributed by atoms with Crippen molar-refractivity contribution in [1.29, 1.82) is 0 Å². The Morgan fingerprint density at radius 1 is 1.17 bits per heavy atom. The first-order valence-corrected chi connectivity index (χ1v) is 6.78. The molecule has 1 aliphatic rings. The number of benzene rings is 1. The largest absolute Gasteiger partial charge is 0.334 e. The monoisotopic (exact) mass is 282 g/mol. The van der Waals surface area contributed by atoms with Crippen LogP contribution in [0.15, 0.2) is 22.7 Å². The van der Waals surface area contributed by atoms with Gasteiger partial charge in [-0.3, -0.25) is 0 Å². The van der Waals surface area contributed by atoms with Crippen molar-refractivity contribution in [2.75, 3.05) is 0 Å². The third-order valence-corrected chi connectivity index (χ3v) is 3.89. The molecule has 18 heavy (non-hydrogen) atoms. The van der Waals surface area contributed by atoms with Crippen LogP contribution in [0, 0.1) is 0 Å². The minimum absolute atomic E-state index is 0.431. The fourth-order valence-electron chi connectivity index (χ4n) is 2.36. The molecule has 0 bridgehead atoms. The maximum Gasteiger partial charge on any atom is 0.259 e. The molecule has 0 N–H and O–H groups in total. The second kappa shape index (κ2) is 4.90. The van der Waals surface area contributed by atoms with E-state index in [0.29, 0.717) is 27.4 Å². The Kier molecular flexibility index (Phi) is 3.27. The van der Waals surface area contributed by atoms with E-state index in [-0.39, 0.29) is 0 Å². The third-order valence-electron chi connectivity index (χ3n) is 3.32. The Morgan fingerprint density at radius 3 is 2.72 bits per heavy atom.